The number of hydrogen-bond acceptors (Lipinski definition) is 1. The summed E-state index contributed by atoms with van der Waals surface area (Å²) in [6, 6.07) is 19.3. The first kappa shape index (κ1) is 13.6. The predicted molar refractivity (Wildman–Crippen MR) is 99.2 cm³/mol. The van der Waals surface area contributed by atoms with Gasteiger partial charge < -0.3 is 4.98 Å². The van der Waals surface area contributed by atoms with Crippen LogP contribution < -0.4 is 0 Å². The van der Waals surface area contributed by atoms with Crippen LogP contribution in [0.15, 0.2) is 54.6 Å². The molecule has 0 radical (unpaired) electrons. The van der Waals surface area contributed by atoms with Gasteiger partial charge in [0.2, 0.25) is 0 Å². The van der Waals surface area contributed by atoms with Gasteiger partial charge in [0.05, 0.1) is 11.0 Å². The monoisotopic (exact) mass is 310 g/mol. The van der Waals surface area contributed by atoms with Crippen LogP contribution in [0.25, 0.3) is 33.5 Å². The second-order valence-corrected chi connectivity index (χ2v) is 6.64. The van der Waals surface area contributed by atoms with Crippen molar-refractivity contribution in [1.29, 1.82) is 0 Å². The molecule has 0 atom stereocenters. The van der Waals surface area contributed by atoms with Gasteiger partial charge in [0, 0.05) is 5.56 Å². The van der Waals surface area contributed by atoms with Gasteiger partial charge in [-0.1, -0.05) is 36.4 Å². The Morgan fingerprint density at radius 2 is 1.62 bits per heavy atom. The number of nitrogens with one attached hydrogen (secondary N) is 1. The Balaban J connectivity index is 1.78. The van der Waals surface area contributed by atoms with E-state index in [2.05, 4.69) is 61.3 Å². The highest BCUT2D eigenvalue weighted by atomic mass is 14.9. The molecule has 1 N–H and O–H groups in total. The lowest BCUT2D eigenvalue weighted by atomic mass is 9.93. The van der Waals surface area contributed by atoms with E-state index in [0.29, 0.717) is 0 Å². The minimum atomic E-state index is 0.962. The SMILES string of the molecule is Cc1c(-c2nc3ccccc3[nH]2)cc2c(c1C)Cc1ccccc1-2. The number of aromatic amines is 1. The molecule has 3 aromatic carbocycles. The Morgan fingerprint density at radius 1 is 0.833 bits per heavy atom. The second-order valence-electron chi connectivity index (χ2n) is 6.64. The molecule has 2 heteroatoms. The lowest BCUT2D eigenvalue weighted by Gasteiger charge is -2.13. The Hall–Kier alpha value is -2.87. The molecule has 0 aliphatic heterocycles. The van der Waals surface area contributed by atoms with E-state index in [1.807, 2.05) is 12.1 Å². The summed E-state index contributed by atoms with van der Waals surface area (Å²) in [5, 5.41) is 0. The van der Waals surface area contributed by atoms with Crippen molar-refractivity contribution < 1.29 is 0 Å². The van der Waals surface area contributed by atoms with Crippen LogP contribution >= 0.6 is 0 Å². The summed E-state index contributed by atoms with van der Waals surface area (Å²) in [7, 11) is 0. The Bertz CT molecular complexity index is 1070. The first-order valence-corrected chi connectivity index (χ1v) is 8.39. The third kappa shape index (κ3) is 1.80. The normalized spacial score (nSPS) is 12.4. The third-order valence-electron chi connectivity index (χ3n) is 5.35. The molecule has 116 valence electrons. The van der Waals surface area contributed by atoms with Crippen LogP contribution in [-0.4, -0.2) is 9.97 Å². The quantitative estimate of drug-likeness (QED) is 0.440. The number of para-hydroxylation sites is 2. The van der Waals surface area contributed by atoms with Crippen molar-refractivity contribution >= 4 is 11.0 Å². The fourth-order valence-corrected chi connectivity index (χ4v) is 3.89. The number of fused-ring (bicyclic) bond motifs is 4. The molecule has 0 bridgehead atoms. The maximum Gasteiger partial charge on any atom is 0.138 e. The lowest BCUT2D eigenvalue weighted by molar-refractivity contribution is 1.18. The summed E-state index contributed by atoms with van der Waals surface area (Å²) in [6.07, 6.45) is 1.04. The molecule has 4 aromatic rings. The molecule has 0 unspecified atom stereocenters. The van der Waals surface area contributed by atoms with E-state index in [0.717, 1.165) is 23.3 Å². The summed E-state index contributed by atoms with van der Waals surface area (Å²) < 4.78 is 0. The molecule has 2 nitrogen and oxygen atoms in total. The maximum absolute atomic E-state index is 4.81. The first-order valence-electron chi connectivity index (χ1n) is 8.39. The van der Waals surface area contributed by atoms with Gasteiger partial charge in [-0.2, -0.15) is 0 Å². The molecular weight excluding hydrogens is 292 g/mol. The fourth-order valence-electron chi connectivity index (χ4n) is 3.89. The Labute approximate surface area is 141 Å². The molecule has 1 aromatic heterocycles. The number of nitrogens with zero attached hydrogens (tertiary/aromatic N) is 1. The van der Waals surface area contributed by atoms with E-state index in [1.54, 1.807) is 0 Å². The van der Waals surface area contributed by atoms with Gasteiger partial charge in [-0.3, -0.25) is 0 Å². The number of aromatic nitrogens is 2. The predicted octanol–water partition coefficient (Wildman–Crippen LogP) is 5.42. The van der Waals surface area contributed by atoms with Gasteiger partial charge in [0.25, 0.3) is 0 Å². The molecule has 1 aliphatic rings. The highest BCUT2D eigenvalue weighted by Crippen LogP contribution is 2.42. The summed E-state index contributed by atoms with van der Waals surface area (Å²) in [5.74, 6) is 0.962. The highest BCUT2D eigenvalue weighted by Gasteiger charge is 2.23. The van der Waals surface area contributed by atoms with Gasteiger partial charge in [0.15, 0.2) is 0 Å². The van der Waals surface area contributed by atoms with E-state index in [9.17, 15) is 0 Å². The summed E-state index contributed by atoms with van der Waals surface area (Å²) in [5.41, 5.74) is 11.7. The summed E-state index contributed by atoms with van der Waals surface area (Å²) in [4.78, 5) is 8.29. The Morgan fingerprint density at radius 3 is 2.50 bits per heavy atom. The average molecular weight is 310 g/mol. The molecule has 5 rings (SSSR count). The minimum Gasteiger partial charge on any atom is -0.338 e. The zero-order valence-electron chi connectivity index (χ0n) is 13.9. The summed E-state index contributed by atoms with van der Waals surface area (Å²) in [6.45, 7) is 4.45. The Kier molecular flexibility index (Phi) is 2.72. The highest BCUT2D eigenvalue weighted by molar-refractivity contribution is 5.86. The zero-order valence-corrected chi connectivity index (χ0v) is 13.9. The van der Waals surface area contributed by atoms with Crippen LogP contribution in [-0.2, 0) is 6.42 Å². The van der Waals surface area contributed by atoms with Crippen LogP contribution in [0, 0.1) is 13.8 Å². The first-order chi connectivity index (χ1) is 11.7. The lowest BCUT2D eigenvalue weighted by Crippen LogP contribution is -1.95. The molecular formula is C22H18N2. The molecule has 1 aliphatic carbocycles. The molecule has 1 heterocycles. The molecule has 0 fully saturated rings. The van der Waals surface area contributed by atoms with E-state index in [4.69, 9.17) is 4.98 Å². The number of benzene rings is 3. The smallest absolute Gasteiger partial charge is 0.138 e. The van der Waals surface area contributed by atoms with Crippen molar-refractivity contribution in [3.63, 3.8) is 0 Å². The van der Waals surface area contributed by atoms with Gasteiger partial charge >= 0.3 is 0 Å². The van der Waals surface area contributed by atoms with Crippen molar-refractivity contribution in [2.45, 2.75) is 20.3 Å². The van der Waals surface area contributed by atoms with Gasteiger partial charge in [-0.05, 0) is 71.8 Å². The topological polar surface area (TPSA) is 28.7 Å². The van der Waals surface area contributed by atoms with Crippen molar-refractivity contribution in [2.75, 3.05) is 0 Å². The summed E-state index contributed by atoms with van der Waals surface area (Å²) >= 11 is 0. The average Bonchev–Trinajstić information content (AvgIpc) is 3.19. The maximum atomic E-state index is 4.81. The van der Waals surface area contributed by atoms with Crippen LogP contribution in [0.2, 0.25) is 0 Å². The van der Waals surface area contributed by atoms with E-state index < -0.39 is 0 Å². The minimum absolute atomic E-state index is 0.962. The largest absolute Gasteiger partial charge is 0.338 e. The van der Waals surface area contributed by atoms with Crippen molar-refractivity contribution in [3.8, 4) is 22.5 Å². The number of imidazole rings is 1. The second kappa shape index (κ2) is 4.81. The van der Waals surface area contributed by atoms with Crippen molar-refractivity contribution in [1.82, 2.24) is 9.97 Å². The van der Waals surface area contributed by atoms with Gasteiger partial charge in [-0.15, -0.1) is 0 Å². The van der Waals surface area contributed by atoms with E-state index in [-0.39, 0.29) is 0 Å². The molecule has 24 heavy (non-hydrogen) atoms. The van der Waals surface area contributed by atoms with E-state index in [1.165, 1.54) is 38.9 Å². The van der Waals surface area contributed by atoms with Crippen LogP contribution in [0.1, 0.15) is 22.3 Å². The van der Waals surface area contributed by atoms with Gasteiger partial charge in [0.1, 0.15) is 5.82 Å². The molecule has 0 amide bonds. The molecule has 0 saturated carbocycles. The number of rotatable bonds is 1. The van der Waals surface area contributed by atoms with Crippen LogP contribution in [0.4, 0.5) is 0 Å². The standard InChI is InChI=1S/C22H18N2/c1-13-14(2)18(22-23-20-9-5-6-10-21(20)24-22)12-19-16-8-4-3-7-15(16)11-17(13)19/h3-10,12H,11H2,1-2H3,(H,23,24). The molecule has 0 saturated heterocycles. The van der Waals surface area contributed by atoms with Crippen molar-refractivity contribution in [2.24, 2.45) is 0 Å². The number of hydrogen-bond donors (Lipinski definition) is 1. The van der Waals surface area contributed by atoms with Gasteiger partial charge in [-0.25, -0.2) is 4.98 Å². The zero-order chi connectivity index (χ0) is 16.3. The third-order valence-corrected chi connectivity index (χ3v) is 5.35. The van der Waals surface area contributed by atoms with Crippen molar-refractivity contribution in [3.05, 3.63) is 76.9 Å². The van der Waals surface area contributed by atoms with Crippen LogP contribution in [0.3, 0.4) is 0 Å². The molecule has 0 spiro atoms. The van der Waals surface area contributed by atoms with Crippen LogP contribution in [0.5, 0.6) is 0 Å². The fraction of sp³-hybridized carbons (Fsp3) is 0.136. The van der Waals surface area contributed by atoms with E-state index >= 15 is 0 Å². The number of H-pyrrole nitrogens is 1.